The molecule has 0 saturated carbocycles. The minimum Gasteiger partial charge on any atom is -0.344 e. The standard InChI is InChI=1S/C19H21ClN2O3S/c1-26(24,25)22-13-5-8-17(22)19(23)21-18(14-6-3-2-4-7-14)15-9-11-16(20)12-10-15/h2-4,6-7,9-12,17-18H,5,8,13H2,1H3,(H,21,23)/t17-,18-/m0/s1. The summed E-state index contributed by atoms with van der Waals surface area (Å²) in [5, 5.41) is 3.64. The van der Waals surface area contributed by atoms with Crippen molar-refractivity contribution >= 4 is 27.5 Å². The lowest BCUT2D eigenvalue weighted by Crippen LogP contribution is -2.46. The van der Waals surface area contributed by atoms with Crippen molar-refractivity contribution in [2.75, 3.05) is 12.8 Å². The van der Waals surface area contributed by atoms with Gasteiger partial charge in [-0.2, -0.15) is 4.31 Å². The molecule has 1 heterocycles. The number of hydrogen-bond acceptors (Lipinski definition) is 3. The lowest BCUT2D eigenvalue weighted by Gasteiger charge is -2.25. The molecule has 0 aliphatic carbocycles. The highest BCUT2D eigenvalue weighted by Crippen LogP contribution is 2.26. The van der Waals surface area contributed by atoms with Crippen LogP contribution in [0.4, 0.5) is 0 Å². The predicted octanol–water partition coefficient (Wildman–Crippen LogP) is 2.97. The van der Waals surface area contributed by atoms with Gasteiger partial charge in [0.2, 0.25) is 15.9 Å². The van der Waals surface area contributed by atoms with E-state index in [0.29, 0.717) is 24.4 Å². The third-order valence-corrected chi connectivity index (χ3v) is 6.10. The van der Waals surface area contributed by atoms with E-state index in [1.165, 1.54) is 4.31 Å². The molecule has 1 N–H and O–H groups in total. The molecule has 138 valence electrons. The number of rotatable bonds is 5. The SMILES string of the molecule is CS(=O)(=O)N1CCC[C@H]1C(=O)N[C@@H](c1ccccc1)c1ccc(Cl)cc1. The Morgan fingerprint density at radius 3 is 2.35 bits per heavy atom. The van der Waals surface area contributed by atoms with Gasteiger partial charge in [-0.25, -0.2) is 8.42 Å². The van der Waals surface area contributed by atoms with Gasteiger partial charge in [-0.3, -0.25) is 4.79 Å². The molecule has 7 heteroatoms. The molecule has 26 heavy (non-hydrogen) atoms. The summed E-state index contributed by atoms with van der Waals surface area (Å²) < 4.78 is 25.2. The van der Waals surface area contributed by atoms with E-state index in [1.807, 2.05) is 42.5 Å². The van der Waals surface area contributed by atoms with Gasteiger partial charge in [-0.05, 0) is 36.1 Å². The second kappa shape index (κ2) is 7.78. The van der Waals surface area contributed by atoms with Crippen LogP contribution in [0.2, 0.25) is 5.02 Å². The zero-order chi connectivity index (χ0) is 18.7. The lowest BCUT2D eigenvalue weighted by atomic mass is 9.98. The summed E-state index contributed by atoms with van der Waals surface area (Å²) in [6.45, 7) is 0.383. The van der Waals surface area contributed by atoms with Crippen molar-refractivity contribution < 1.29 is 13.2 Å². The lowest BCUT2D eigenvalue weighted by molar-refractivity contribution is -0.124. The highest BCUT2D eigenvalue weighted by Gasteiger charge is 2.37. The predicted molar refractivity (Wildman–Crippen MR) is 102 cm³/mol. The van der Waals surface area contributed by atoms with E-state index in [0.717, 1.165) is 17.4 Å². The van der Waals surface area contributed by atoms with Crippen LogP contribution >= 0.6 is 11.6 Å². The number of nitrogens with zero attached hydrogens (tertiary/aromatic N) is 1. The van der Waals surface area contributed by atoms with Crippen LogP contribution in [-0.2, 0) is 14.8 Å². The molecule has 1 amide bonds. The Bertz CT molecular complexity index is 869. The van der Waals surface area contributed by atoms with Gasteiger partial charge >= 0.3 is 0 Å². The number of amides is 1. The van der Waals surface area contributed by atoms with Gasteiger partial charge in [0.15, 0.2) is 0 Å². The second-order valence-electron chi connectivity index (χ2n) is 6.44. The van der Waals surface area contributed by atoms with Crippen molar-refractivity contribution in [3.63, 3.8) is 0 Å². The second-order valence-corrected chi connectivity index (χ2v) is 8.81. The fraction of sp³-hybridized carbons (Fsp3) is 0.316. The Kier molecular flexibility index (Phi) is 5.65. The van der Waals surface area contributed by atoms with Crippen LogP contribution < -0.4 is 5.32 Å². The van der Waals surface area contributed by atoms with Crippen LogP contribution in [0.1, 0.15) is 30.0 Å². The molecule has 0 spiro atoms. The van der Waals surface area contributed by atoms with Gasteiger partial charge in [0.25, 0.3) is 0 Å². The van der Waals surface area contributed by atoms with E-state index in [4.69, 9.17) is 11.6 Å². The number of carbonyl (C=O) groups excluding carboxylic acids is 1. The molecule has 0 aromatic heterocycles. The molecule has 2 aromatic carbocycles. The Morgan fingerprint density at radius 2 is 1.73 bits per heavy atom. The van der Waals surface area contributed by atoms with Crippen LogP contribution in [-0.4, -0.2) is 37.5 Å². The van der Waals surface area contributed by atoms with Crippen molar-refractivity contribution in [2.24, 2.45) is 0 Å². The first-order chi connectivity index (χ1) is 12.4. The maximum atomic E-state index is 12.9. The summed E-state index contributed by atoms with van der Waals surface area (Å²) in [6.07, 6.45) is 2.36. The van der Waals surface area contributed by atoms with E-state index in [-0.39, 0.29) is 11.9 Å². The molecule has 0 unspecified atom stereocenters. The third kappa shape index (κ3) is 4.26. The molecule has 1 aliphatic rings. The first kappa shape index (κ1) is 18.9. The molecule has 0 radical (unpaired) electrons. The van der Waals surface area contributed by atoms with Gasteiger partial charge in [0.1, 0.15) is 6.04 Å². The summed E-state index contributed by atoms with van der Waals surface area (Å²) in [4.78, 5) is 12.9. The topological polar surface area (TPSA) is 66.5 Å². The van der Waals surface area contributed by atoms with E-state index < -0.39 is 16.1 Å². The molecule has 2 aromatic rings. The van der Waals surface area contributed by atoms with E-state index in [9.17, 15) is 13.2 Å². The summed E-state index contributed by atoms with van der Waals surface area (Å²) in [5.74, 6) is -0.281. The molecule has 3 rings (SSSR count). The normalized spacial score (nSPS) is 19.2. The molecular formula is C19H21ClN2O3S. The van der Waals surface area contributed by atoms with Crippen LogP contribution in [0.25, 0.3) is 0 Å². The number of nitrogens with one attached hydrogen (secondary N) is 1. The Morgan fingerprint density at radius 1 is 1.12 bits per heavy atom. The summed E-state index contributed by atoms with van der Waals surface area (Å²) in [6, 6.07) is 15.8. The van der Waals surface area contributed by atoms with Crippen LogP contribution in [0.5, 0.6) is 0 Å². The maximum Gasteiger partial charge on any atom is 0.239 e. The number of halogens is 1. The Balaban J connectivity index is 1.88. The number of carbonyl (C=O) groups is 1. The van der Waals surface area contributed by atoms with Crippen LogP contribution in [0.15, 0.2) is 54.6 Å². The number of hydrogen-bond donors (Lipinski definition) is 1. The smallest absolute Gasteiger partial charge is 0.239 e. The van der Waals surface area contributed by atoms with E-state index in [1.54, 1.807) is 12.1 Å². The fourth-order valence-electron chi connectivity index (χ4n) is 3.30. The van der Waals surface area contributed by atoms with Crippen LogP contribution in [0, 0.1) is 0 Å². The molecule has 2 atom stereocenters. The van der Waals surface area contributed by atoms with Crippen molar-refractivity contribution in [1.82, 2.24) is 9.62 Å². The van der Waals surface area contributed by atoms with Crippen molar-refractivity contribution in [3.8, 4) is 0 Å². The number of benzene rings is 2. The van der Waals surface area contributed by atoms with Crippen molar-refractivity contribution in [2.45, 2.75) is 24.9 Å². The average Bonchev–Trinajstić information content (AvgIpc) is 3.11. The van der Waals surface area contributed by atoms with Crippen LogP contribution in [0.3, 0.4) is 0 Å². The molecular weight excluding hydrogens is 372 g/mol. The summed E-state index contributed by atoms with van der Waals surface area (Å²) in [5.41, 5.74) is 1.81. The molecule has 0 bridgehead atoms. The molecule has 5 nitrogen and oxygen atoms in total. The van der Waals surface area contributed by atoms with Gasteiger partial charge < -0.3 is 5.32 Å². The van der Waals surface area contributed by atoms with Gasteiger partial charge in [0.05, 0.1) is 12.3 Å². The minimum absolute atomic E-state index is 0.281. The van der Waals surface area contributed by atoms with E-state index >= 15 is 0 Å². The Hall–Kier alpha value is -1.89. The van der Waals surface area contributed by atoms with Gasteiger partial charge in [-0.15, -0.1) is 0 Å². The average molecular weight is 393 g/mol. The first-order valence-corrected chi connectivity index (χ1v) is 10.7. The highest BCUT2D eigenvalue weighted by molar-refractivity contribution is 7.88. The fourth-order valence-corrected chi connectivity index (χ4v) is 4.55. The zero-order valence-corrected chi connectivity index (χ0v) is 16.0. The summed E-state index contributed by atoms with van der Waals surface area (Å²) >= 11 is 5.98. The zero-order valence-electron chi connectivity index (χ0n) is 14.4. The van der Waals surface area contributed by atoms with Gasteiger partial charge in [-0.1, -0.05) is 54.1 Å². The first-order valence-electron chi connectivity index (χ1n) is 8.44. The molecule has 1 saturated heterocycles. The monoisotopic (exact) mass is 392 g/mol. The quantitative estimate of drug-likeness (QED) is 0.850. The van der Waals surface area contributed by atoms with Crippen molar-refractivity contribution in [1.29, 1.82) is 0 Å². The number of sulfonamides is 1. The molecule has 1 fully saturated rings. The minimum atomic E-state index is -3.41. The molecule has 1 aliphatic heterocycles. The third-order valence-electron chi connectivity index (χ3n) is 4.56. The Labute approximate surface area is 159 Å². The van der Waals surface area contributed by atoms with Gasteiger partial charge in [0, 0.05) is 11.6 Å². The van der Waals surface area contributed by atoms with E-state index in [2.05, 4.69) is 5.32 Å². The highest BCUT2D eigenvalue weighted by atomic mass is 35.5. The summed E-state index contributed by atoms with van der Waals surface area (Å²) in [7, 11) is -3.41. The largest absolute Gasteiger partial charge is 0.344 e. The maximum absolute atomic E-state index is 12.9. The van der Waals surface area contributed by atoms with Crippen molar-refractivity contribution in [3.05, 3.63) is 70.7 Å².